The molecule has 7 heteroatoms. The van der Waals surface area contributed by atoms with Crippen molar-refractivity contribution in [3.8, 4) is 0 Å². The molecular formula is C13H12N4O2S. The SMILES string of the molecule is Cc1nc(Sc2ccc(CO)cc2)cc2n[nH]c(=O)n12. The Hall–Kier alpha value is -2.12. The van der Waals surface area contributed by atoms with E-state index in [2.05, 4.69) is 15.2 Å². The van der Waals surface area contributed by atoms with Crippen molar-refractivity contribution in [3.63, 3.8) is 0 Å². The summed E-state index contributed by atoms with van der Waals surface area (Å²) in [5.41, 5.74) is 1.14. The summed E-state index contributed by atoms with van der Waals surface area (Å²) in [6.45, 7) is 1.80. The molecule has 1 aromatic carbocycles. The number of fused-ring (bicyclic) bond motifs is 1. The Morgan fingerprint density at radius 1 is 1.35 bits per heavy atom. The van der Waals surface area contributed by atoms with Crippen LogP contribution in [-0.2, 0) is 6.61 Å². The fourth-order valence-electron chi connectivity index (χ4n) is 1.91. The smallest absolute Gasteiger partial charge is 0.349 e. The van der Waals surface area contributed by atoms with Gasteiger partial charge in [-0.1, -0.05) is 23.9 Å². The Morgan fingerprint density at radius 2 is 2.10 bits per heavy atom. The molecule has 0 aliphatic heterocycles. The van der Waals surface area contributed by atoms with Gasteiger partial charge in [-0.15, -0.1) is 0 Å². The van der Waals surface area contributed by atoms with E-state index in [1.807, 2.05) is 24.3 Å². The topological polar surface area (TPSA) is 83.3 Å². The highest BCUT2D eigenvalue weighted by molar-refractivity contribution is 7.99. The van der Waals surface area contributed by atoms with Crippen LogP contribution in [0.4, 0.5) is 0 Å². The third kappa shape index (κ3) is 2.33. The highest BCUT2D eigenvalue weighted by Gasteiger charge is 2.08. The predicted molar refractivity (Wildman–Crippen MR) is 74.8 cm³/mol. The monoisotopic (exact) mass is 288 g/mol. The molecule has 2 N–H and O–H groups in total. The van der Waals surface area contributed by atoms with E-state index in [0.717, 1.165) is 15.5 Å². The van der Waals surface area contributed by atoms with Gasteiger partial charge >= 0.3 is 5.69 Å². The van der Waals surface area contributed by atoms with Crippen LogP contribution in [0.1, 0.15) is 11.4 Å². The first-order chi connectivity index (χ1) is 9.67. The zero-order chi connectivity index (χ0) is 14.1. The second-order valence-electron chi connectivity index (χ2n) is 4.27. The quantitative estimate of drug-likeness (QED) is 0.711. The molecule has 102 valence electrons. The number of nitrogens with one attached hydrogen (secondary N) is 1. The van der Waals surface area contributed by atoms with E-state index in [4.69, 9.17) is 5.11 Å². The zero-order valence-electron chi connectivity index (χ0n) is 10.7. The van der Waals surface area contributed by atoms with Gasteiger partial charge in [0.15, 0.2) is 5.65 Å². The number of aliphatic hydroxyl groups is 1. The van der Waals surface area contributed by atoms with Crippen molar-refractivity contribution >= 4 is 17.4 Å². The molecule has 0 radical (unpaired) electrons. The summed E-state index contributed by atoms with van der Waals surface area (Å²) >= 11 is 1.48. The van der Waals surface area contributed by atoms with Crippen LogP contribution in [0.15, 0.2) is 45.0 Å². The van der Waals surface area contributed by atoms with Gasteiger partial charge in [0.1, 0.15) is 10.9 Å². The van der Waals surface area contributed by atoms with Crippen LogP contribution < -0.4 is 5.69 Å². The van der Waals surface area contributed by atoms with Crippen LogP contribution in [0.2, 0.25) is 0 Å². The third-order valence-corrected chi connectivity index (χ3v) is 3.80. The lowest BCUT2D eigenvalue weighted by atomic mass is 10.2. The van der Waals surface area contributed by atoms with E-state index in [-0.39, 0.29) is 12.3 Å². The molecule has 0 aliphatic carbocycles. The summed E-state index contributed by atoms with van der Waals surface area (Å²) < 4.78 is 1.43. The average molecular weight is 288 g/mol. The van der Waals surface area contributed by atoms with Crippen LogP contribution in [0.25, 0.3) is 5.65 Å². The first-order valence-electron chi connectivity index (χ1n) is 6.00. The van der Waals surface area contributed by atoms with Crippen LogP contribution in [-0.4, -0.2) is 24.7 Å². The van der Waals surface area contributed by atoms with Gasteiger partial charge < -0.3 is 5.11 Å². The Labute approximate surface area is 118 Å². The zero-order valence-corrected chi connectivity index (χ0v) is 11.5. The van der Waals surface area contributed by atoms with Crippen molar-refractivity contribution in [2.45, 2.75) is 23.5 Å². The highest BCUT2D eigenvalue weighted by Crippen LogP contribution is 2.26. The minimum atomic E-state index is -0.283. The molecule has 0 atom stereocenters. The largest absolute Gasteiger partial charge is 0.392 e. The highest BCUT2D eigenvalue weighted by atomic mass is 32.2. The van der Waals surface area contributed by atoms with Gasteiger partial charge in [-0.25, -0.2) is 19.3 Å². The van der Waals surface area contributed by atoms with Gasteiger partial charge in [-0.2, -0.15) is 5.10 Å². The van der Waals surface area contributed by atoms with Crippen molar-refractivity contribution in [2.75, 3.05) is 0 Å². The van der Waals surface area contributed by atoms with Crippen molar-refractivity contribution < 1.29 is 5.11 Å². The Kier molecular flexibility index (Phi) is 3.29. The molecule has 6 nitrogen and oxygen atoms in total. The lowest BCUT2D eigenvalue weighted by molar-refractivity contribution is 0.282. The fourth-order valence-corrected chi connectivity index (χ4v) is 2.76. The Morgan fingerprint density at radius 3 is 2.80 bits per heavy atom. The van der Waals surface area contributed by atoms with Crippen molar-refractivity contribution in [3.05, 3.63) is 52.2 Å². The normalized spacial score (nSPS) is 11.1. The number of benzene rings is 1. The molecule has 20 heavy (non-hydrogen) atoms. The first-order valence-corrected chi connectivity index (χ1v) is 6.81. The summed E-state index contributed by atoms with van der Waals surface area (Å²) in [7, 11) is 0. The van der Waals surface area contributed by atoms with Gasteiger partial charge in [0.2, 0.25) is 0 Å². The molecule has 0 saturated heterocycles. The maximum Gasteiger partial charge on any atom is 0.349 e. The van der Waals surface area contributed by atoms with Gasteiger partial charge in [0.05, 0.1) is 6.61 Å². The number of hydrogen-bond donors (Lipinski definition) is 2. The van der Waals surface area contributed by atoms with Crippen LogP contribution in [0, 0.1) is 6.92 Å². The van der Waals surface area contributed by atoms with E-state index in [1.165, 1.54) is 16.2 Å². The number of aryl methyl sites for hydroxylation is 1. The van der Waals surface area contributed by atoms with Gasteiger partial charge in [0.25, 0.3) is 0 Å². The average Bonchev–Trinajstić information content (AvgIpc) is 2.81. The molecule has 0 fully saturated rings. The van der Waals surface area contributed by atoms with E-state index in [9.17, 15) is 4.79 Å². The molecule has 0 spiro atoms. The Balaban J connectivity index is 1.95. The van der Waals surface area contributed by atoms with Crippen molar-refractivity contribution in [1.29, 1.82) is 0 Å². The Bertz CT molecular complexity index is 807. The molecule has 0 unspecified atom stereocenters. The fraction of sp³-hybridized carbons (Fsp3) is 0.154. The van der Waals surface area contributed by atoms with Gasteiger partial charge in [0, 0.05) is 11.0 Å². The maximum absolute atomic E-state index is 11.5. The standard InChI is InChI=1S/C13H12N4O2S/c1-8-14-12(6-11-15-16-13(19)17(8)11)20-10-4-2-9(7-18)3-5-10/h2-6,18H,7H2,1H3,(H,16,19). The third-order valence-electron chi connectivity index (χ3n) is 2.87. The minimum absolute atomic E-state index is 0.0322. The van der Waals surface area contributed by atoms with E-state index < -0.39 is 0 Å². The van der Waals surface area contributed by atoms with Gasteiger partial charge in [-0.3, -0.25) is 0 Å². The molecular weight excluding hydrogens is 276 g/mol. The molecule has 0 saturated carbocycles. The second-order valence-corrected chi connectivity index (χ2v) is 5.36. The second kappa shape index (κ2) is 5.10. The summed E-state index contributed by atoms with van der Waals surface area (Å²) in [5.74, 6) is 0.593. The number of rotatable bonds is 3. The molecule has 3 aromatic rings. The molecule has 0 amide bonds. The van der Waals surface area contributed by atoms with Crippen molar-refractivity contribution in [1.82, 2.24) is 19.6 Å². The maximum atomic E-state index is 11.5. The van der Waals surface area contributed by atoms with E-state index in [1.54, 1.807) is 13.0 Å². The van der Waals surface area contributed by atoms with Crippen molar-refractivity contribution in [2.24, 2.45) is 0 Å². The molecule has 0 bridgehead atoms. The first kappa shape index (κ1) is 12.9. The number of aromatic amines is 1. The lowest BCUT2D eigenvalue weighted by Crippen LogP contribution is -2.13. The van der Waals surface area contributed by atoms with Gasteiger partial charge in [-0.05, 0) is 24.6 Å². The summed E-state index contributed by atoms with van der Waals surface area (Å²) in [6.07, 6.45) is 0. The number of hydrogen-bond acceptors (Lipinski definition) is 5. The number of nitrogens with zero attached hydrogens (tertiary/aromatic N) is 3. The number of H-pyrrole nitrogens is 1. The van der Waals surface area contributed by atoms with E-state index >= 15 is 0 Å². The molecule has 2 heterocycles. The van der Waals surface area contributed by atoms with Crippen LogP contribution >= 0.6 is 11.8 Å². The predicted octanol–water partition coefficient (Wildman–Crippen LogP) is 1.37. The summed E-state index contributed by atoms with van der Waals surface area (Å²) in [5, 5.41) is 16.1. The summed E-state index contributed by atoms with van der Waals surface area (Å²) in [4.78, 5) is 16.9. The van der Waals surface area contributed by atoms with E-state index in [0.29, 0.717) is 11.5 Å². The summed E-state index contributed by atoms with van der Waals surface area (Å²) in [6, 6.07) is 9.34. The minimum Gasteiger partial charge on any atom is -0.392 e. The van der Waals surface area contributed by atoms with Crippen LogP contribution in [0.5, 0.6) is 0 Å². The van der Waals surface area contributed by atoms with Crippen LogP contribution in [0.3, 0.4) is 0 Å². The molecule has 3 rings (SSSR count). The number of aliphatic hydroxyl groups excluding tert-OH is 1. The molecule has 2 aromatic heterocycles. The number of aromatic nitrogens is 4. The molecule has 0 aliphatic rings. The lowest BCUT2D eigenvalue weighted by Gasteiger charge is -2.04.